The van der Waals surface area contributed by atoms with E-state index in [4.69, 9.17) is 11.3 Å². The van der Waals surface area contributed by atoms with Crippen molar-refractivity contribution in [1.82, 2.24) is 20.3 Å². The van der Waals surface area contributed by atoms with Crippen LogP contribution >= 0.6 is 0 Å². The molecule has 2 aromatic heterocycles. The highest BCUT2D eigenvalue weighted by atomic mass is 16.1. The lowest BCUT2D eigenvalue weighted by molar-refractivity contribution is 0.0950. The van der Waals surface area contributed by atoms with Gasteiger partial charge in [0.1, 0.15) is 5.82 Å². The van der Waals surface area contributed by atoms with Crippen molar-refractivity contribution in [3.63, 3.8) is 0 Å². The van der Waals surface area contributed by atoms with Gasteiger partial charge in [-0.05, 0) is 69.2 Å². The van der Waals surface area contributed by atoms with Gasteiger partial charge >= 0.3 is 0 Å². The van der Waals surface area contributed by atoms with Crippen molar-refractivity contribution >= 4 is 23.6 Å². The van der Waals surface area contributed by atoms with E-state index in [0.29, 0.717) is 22.4 Å². The zero-order valence-electron chi connectivity index (χ0n) is 22.4. The summed E-state index contributed by atoms with van der Waals surface area (Å²) in [4.78, 5) is 35.5. The van der Waals surface area contributed by atoms with Crippen LogP contribution in [0.25, 0.3) is 11.1 Å². The molecule has 200 valence electrons. The SMILES string of the molecule is Cc1cc(C)c(CNC(=O)c2cc(-c3ccc(N4CCN(N)CC4)nc3)cc(NC(C)C)c2C=N)c(=O)[nH]1. The molecule has 0 radical (unpaired) electrons. The molecule has 1 fully saturated rings. The molecule has 3 aromatic rings. The summed E-state index contributed by atoms with van der Waals surface area (Å²) in [5.41, 5.74) is 5.06. The van der Waals surface area contributed by atoms with Gasteiger partial charge in [0, 0.05) is 79.2 Å². The van der Waals surface area contributed by atoms with Gasteiger partial charge in [-0.1, -0.05) is 0 Å². The number of aryl methyl sites for hydroxylation is 2. The number of amides is 1. The van der Waals surface area contributed by atoms with Gasteiger partial charge in [0.15, 0.2) is 0 Å². The van der Waals surface area contributed by atoms with Crippen LogP contribution in [0.4, 0.5) is 11.5 Å². The molecule has 3 heterocycles. The number of anilines is 2. The Morgan fingerprint density at radius 3 is 2.50 bits per heavy atom. The van der Waals surface area contributed by atoms with E-state index in [9.17, 15) is 9.59 Å². The maximum atomic E-state index is 13.4. The van der Waals surface area contributed by atoms with Crippen LogP contribution in [-0.4, -0.2) is 59.3 Å². The highest BCUT2D eigenvalue weighted by molar-refractivity contribution is 6.06. The normalized spacial score (nSPS) is 14.0. The number of aromatic nitrogens is 2. The Bertz CT molecular complexity index is 1370. The first kappa shape index (κ1) is 27.0. The topological polar surface area (TPSA) is 143 Å². The Morgan fingerprint density at radius 1 is 1.16 bits per heavy atom. The molecule has 0 atom stereocenters. The van der Waals surface area contributed by atoms with E-state index in [1.807, 2.05) is 57.0 Å². The number of piperazine rings is 1. The fourth-order valence-corrected chi connectivity index (χ4v) is 4.65. The van der Waals surface area contributed by atoms with E-state index in [-0.39, 0.29) is 24.1 Å². The number of hydrazine groups is 1. The van der Waals surface area contributed by atoms with Crippen molar-refractivity contribution in [2.75, 3.05) is 36.4 Å². The highest BCUT2D eigenvalue weighted by Crippen LogP contribution is 2.30. The van der Waals surface area contributed by atoms with E-state index < -0.39 is 0 Å². The fourth-order valence-electron chi connectivity index (χ4n) is 4.65. The number of hydrogen-bond acceptors (Lipinski definition) is 8. The molecule has 4 rings (SSSR count). The number of nitrogens with one attached hydrogen (secondary N) is 4. The van der Waals surface area contributed by atoms with Crippen LogP contribution in [0, 0.1) is 19.3 Å². The number of H-pyrrole nitrogens is 1. The lowest BCUT2D eigenvalue weighted by atomic mass is 9.97. The van der Waals surface area contributed by atoms with Gasteiger partial charge in [0.05, 0.1) is 5.56 Å². The van der Waals surface area contributed by atoms with E-state index >= 15 is 0 Å². The molecule has 0 aliphatic carbocycles. The molecule has 10 nitrogen and oxygen atoms in total. The quantitative estimate of drug-likeness (QED) is 0.229. The number of carbonyl (C=O) groups excluding carboxylic acids is 1. The molecule has 1 saturated heterocycles. The lowest BCUT2D eigenvalue weighted by Gasteiger charge is -2.32. The van der Waals surface area contributed by atoms with E-state index in [1.165, 1.54) is 6.21 Å². The third-order valence-electron chi connectivity index (χ3n) is 6.65. The molecule has 6 N–H and O–H groups in total. The van der Waals surface area contributed by atoms with Gasteiger partial charge in [-0.3, -0.25) is 15.4 Å². The van der Waals surface area contributed by atoms with Crippen LogP contribution in [0.1, 0.15) is 46.6 Å². The molecule has 10 heteroatoms. The lowest BCUT2D eigenvalue weighted by Crippen LogP contribution is -2.49. The molecule has 1 aliphatic rings. The molecule has 1 aromatic carbocycles. The first-order chi connectivity index (χ1) is 18.2. The van der Waals surface area contributed by atoms with Crippen molar-refractivity contribution in [3.05, 3.63) is 74.8 Å². The molecular formula is C28H36N8O2. The van der Waals surface area contributed by atoms with E-state index in [2.05, 4.69) is 25.5 Å². The third-order valence-corrected chi connectivity index (χ3v) is 6.65. The summed E-state index contributed by atoms with van der Waals surface area (Å²) >= 11 is 0. The smallest absolute Gasteiger partial charge is 0.253 e. The van der Waals surface area contributed by atoms with Crippen molar-refractivity contribution in [1.29, 1.82) is 5.41 Å². The number of rotatable bonds is 8. The second-order valence-corrected chi connectivity index (χ2v) is 9.98. The van der Waals surface area contributed by atoms with Crippen molar-refractivity contribution in [2.24, 2.45) is 5.84 Å². The second-order valence-electron chi connectivity index (χ2n) is 9.98. The maximum absolute atomic E-state index is 13.4. The number of benzene rings is 1. The van der Waals surface area contributed by atoms with Crippen LogP contribution in [0.3, 0.4) is 0 Å². The van der Waals surface area contributed by atoms with Gasteiger partial charge in [-0.25, -0.2) is 9.99 Å². The summed E-state index contributed by atoms with van der Waals surface area (Å²) < 4.78 is 0. The Kier molecular flexibility index (Phi) is 8.23. The average molecular weight is 517 g/mol. The molecule has 0 spiro atoms. The predicted octanol–water partition coefficient (Wildman–Crippen LogP) is 2.80. The second kappa shape index (κ2) is 11.6. The summed E-state index contributed by atoms with van der Waals surface area (Å²) in [6.07, 6.45) is 2.99. The molecule has 0 unspecified atom stereocenters. The van der Waals surface area contributed by atoms with Crippen LogP contribution in [-0.2, 0) is 6.54 Å². The maximum Gasteiger partial charge on any atom is 0.253 e. The number of hydrogen-bond donors (Lipinski definition) is 5. The summed E-state index contributed by atoms with van der Waals surface area (Å²) in [5, 5.41) is 16.1. The molecule has 0 saturated carbocycles. The Labute approximate surface area is 222 Å². The fraction of sp³-hybridized carbons (Fsp3) is 0.357. The van der Waals surface area contributed by atoms with Crippen LogP contribution in [0.15, 0.2) is 41.3 Å². The van der Waals surface area contributed by atoms with Gasteiger partial charge in [0.25, 0.3) is 11.5 Å². The first-order valence-corrected chi connectivity index (χ1v) is 12.8. The number of nitrogens with two attached hydrogens (primary N) is 1. The zero-order chi connectivity index (χ0) is 27.4. The minimum Gasteiger partial charge on any atom is -0.382 e. The van der Waals surface area contributed by atoms with E-state index in [1.54, 1.807) is 12.3 Å². The predicted molar refractivity (Wildman–Crippen MR) is 152 cm³/mol. The molecule has 1 amide bonds. The minimum atomic E-state index is -0.360. The molecular weight excluding hydrogens is 480 g/mol. The Balaban J connectivity index is 1.65. The van der Waals surface area contributed by atoms with Crippen LogP contribution in [0.2, 0.25) is 0 Å². The van der Waals surface area contributed by atoms with Crippen molar-refractivity contribution in [3.8, 4) is 11.1 Å². The summed E-state index contributed by atoms with van der Waals surface area (Å²) in [7, 11) is 0. The molecule has 0 bridgehead atoms. The largest absolute Gasteiger partial charge is 0.382 e. The van der Waals surface area contributed by atoms with Crippen molar-refractivity contribution in [2.45, 2.75) is 40.3 Å². The molecule has 1 aliphatic heterocycles. The number of pyridine rings is 2. The monoisotopic (exact) mass is 516 g/mol. The Hall–Kier alpha value is -4.02. The highest BCUT2D eigenvalue weighted by Gasteiger charge is 2.19. The zero-order valence-corrected chi connectivity index (χ0v) is 22.4. The van der Waals surface area contributed by atoms with Gasteiger partial charge in [-0.2, -0.15) is 0 Å². The summed E-state index contributed by atoms with van der Waals surface area (Å²) in [6.45, 7) is 11.0. The minimum absolute atomic E-state index is 0.0845. The van der Waals surface area contributed by atoms with Crippen LogP contribution in [0.5, 0.6) is 0 Å². The first-order valence-electron chi connectivity index (χ1n) is 12.8. The van der Waals surface area contributed by atoms with Crippen LogP contribution < -0.4 is 26.9 Å². The average Bonchev–Trinajstić information content (AvgIpc) is 2.87. The standard InChI is InChI=1S/C28H36N8O2/c1-17(2)33-25-13-21(20-5-6-26(31-15-20)35-7-9-36(30)10-8-35)12-22(23(25)14-29)27(37)32-16-24-18(3)11-19(4)34-28(24)38/h5-6,11-15,17,29,33H,7-10,16,30H2,1-4H3,(H,32,37)(H,34,38). The number of carbonyl (C=O) groups is 1. The van der Waals surface area contributed by atoms with Gasteiger partial charge < -0.3 is 25.9 Å². The Morgan fingerprint density at radius 2 is 1.89 bits per heavy atom. The third kappa shape index (κ3) is 6.09. The van der Waals surface area contributed by atoms with E-state index in [0.717, 1.165) is 54.4 Å². The van der Waals surface area contributed by atoms with Crippen molar-refractivity contribution < 1.29 is 4.79 Å². The van der Waals surface area contributed by atoms with Gasteiger partial charge in [0.2, 0.25) is 0 Å². The van der Waals surface area contributed by atoms with Gasteiger partial charge in [-0.15, -0.1) is 0 Å². The molecule has 38 heavy (non-hydrogen) atoms. The summed E-state index contributed by atoms with van der Waals surface area (Å²) in [6, 6.07) is 9.66. The summed E-state index contributed by atoms with van der Waals surface area (Å²) in [5.74, 6) is 6.40. The number of nitrogens with zero attached hydrogens (tertiary/aromatic N) is 3. The number of aromatic amines is 1.